The third kappa shape index (κ3) is 4.19. The van der Waals surface area contributed by atoms with Crippen LogP contribution in [0, 0.1) is 6.92 Å². The smallest absolute Gasteiger partial charge is 0.267 e. The number of aromatic nitrogens is 4. The van der Waals surface area contributed by atoms with E-state index in [0.717, 1.165) is 11.3 Å². The maximum absolute atomic E-state index is 13.0. The zero-order valence-electron chi connectivity index (χ0n) is 19.5. The van der Waals surface area contributed by atoms with Crippen molar-refractivity contribution < 1.29 is 9.59 Å². The Kier molecular flexibility index (Phi) is 6.27. The van der Waals surface area contributed by atoms with E-state index in [0.29, 0.717) is 28.5 Å². The second-order valence-electron chi connectivity index (χ2n) is 8.25. The van der Waals surface area contributed by atoms with Gasteiger partial charge in [-0.3, -0.25) is 25.2 Å². The molecule has 2 aromatic carbocycles. The van der Waals surface area contributed by atoms with Crippen molar-refractivity contribution in [2.75, 3.05) is 0 Å². The van der Waals surface area contributed by atoms with Gasteiger partial charge in [-0.1, -0.05) is 42.8 Å². The van der Waals surface area contributed by atoms with Crippen LogP contribution in [0.15, 0.2) is 59.5 Å². The van der Waals surface area contributed by atoms with E-state index in [1.54, 1.807) is 28.9 Å². The lowest BCUT2D eigenvalue weighted by atomic mass is 10.1. The number of nitrogens with one attached hydrogen (secondary N) is 2. The van der Waals surface area contributed by atoms with Gasteiger partial charge in [-0.15, -0.1) is 0 Å². The first-order chi connectivity index (χ1) is 16.3. The Morgan fingerprint density at radius 3 is 2.26 bits per heavy atom. The van der Waals surface area contributed by atoms with Gasteiger partial charge in [0.25, 0.3) is 17.4 Å². The van der Waals surface area contributed by atoms with Crippen molar-refractivity contribution in [1.29, 1.82) is 0 Å². The molecule has 0 radical (unpaired) electrons. The fraction of sp³-hybridized carbons (Fsp3) is 0.240. The van der Waals surface area contributed by atoms with Gasteiger partial charge in [-0.2, -0.15) is 10.2 Å². The van der Waals surface area contributed by atoms with Gasteiger partial charge in [0, 0.05) is 5.39 Å². The van der Waals surface area contributed by atoms with Crippen molar-refractivity contribution in [3.8, 4) is 5.69 Å². The molecule has 2 heterocycles. The van der Waals surface area contributed by atoms with Crippen LogP contribution >= 0.6 is 0 Å². The summed E-state index contributed by atoms with van der Waals surface area (Å²) in [5, 5.41) is 9.43. The van der Waals surface area contributed by atoms with Crippen LogP contribution in [0.25, 0.3) is 16.5 Å². The molecule has 0 spiro atoms. The topological polar surface area (TPSA) is 111 Å². The van der Waals surface area contributed by atoms with E-state index in [9.17, 15) is 14.4 Å². The lowest BCUT2D eigenvalue weighted by Crippen LogP contribution is -2.43. The molecule has 4 aromatic rings. The van der Waals surface area contributed by atoms with Gasteiger partial charge < -0.3 is 0 Å². The maximum Gasteiger partial charge on any atom is 0.290 e. The van der Waals surface area contributed by atoms with Crippen molar-refractivity contribution in [2.45, 2.75) is 40.2 Å². The van der Waals surface area contributed by atoms with Crippen molar-refractivity contribution in [3.63, 3.8) is 0 Å². The number of nitrogens with zero attached hydrogens (tertiary/aromatic N) is 4. The molecule has 0 unspecified atom stereocenters. The molecule has 0 aliphatic heterocycles. The monoisotopic (exact) mass is 458 g/mol. The summed E-state index contributed by atoms with van der Waals surface area (Å²) in [5.41, 5.74) is 7.70. The average molecular weight is 459 g/mol. The lowest BCUT2D eigenvalue weighted by molar-refractivity contribution is 0.0843. The fourth-order valence-corrected chi connectivity index (χ4v) is 3.78. The van der Waals surface area contributed by atoms with Crippen molar-refractivity contribution in [1.82, 2.24) is 30.4 Å². The summed E-state index contributed by atoms with van der Waals surface area (Å²) in [4.78, 5) is 38.6. The van der Waals surface area contributed by atoms with Gasteiger partial charge in [-0.25, -0.2) is 9.36 Å². The Labute approximate surface area is 196 Å². The van der Waals surface area contributed by atoms with E-state index < -0.39 is 11.8 Å². The predicted octanol–water partition coefficient (Wildman–Crippen LogP) is 3.11. The summed E-state index contributed by atoms with van der Waals surface area (Å²) in [5.74, 6) is -1.12. The first-order valence-electron chi connectivity index (χ1n) is 11.1. The van der Waals surface area contributed by atoms with Crippen molar-refractivity contribution in [2.24, 2.45) is 0 Å². The van der Waals surface area contributed by atoms with E-state index in [1.807, 2.05) is 52.0 Å². The normalized spacial score (nSPS) is 11.1. The van der Waals surface area contributed by atoms with Crippen LogP contribution in [0.2, 0.25) is 0 Å². The minimum absolute atomic E-state index is 0.0512. The second kappa shape index (κ2) is 9.30. The van der Waals surface area contributed by atoms with Gasteiger partial charge in [0.15, 0.2) is 5.69 Å². The molecule has 174 valence electrons. The predicted molar refractivity (Wildman–Crippen MR) is 129 cm³/mol. The summed E-state index contributed by atoms with van der Waals surface area (Å²) in [6, 6.07) is 14.4. The van der Waals surface area contributed by atoms with E-state index >= 15 is 0 Å². The molecule has 0 saturated heterocycles. The first kappa shape index (κ1) is 22.9. The Bertz CT molecular complexity index is 1430. The zero-order chi connectivity index (χ0) is 24.4. The highest BCUT2D eigenvalue weighted by atomic mass is 16.2. The van der Waals surface area contributed by atoms with Crippen molar-refractivity contribution in [3.05, 3.63) is 87.6 Å². The fourth-order valence-electron chi connectivity index (χ4n) is 3.78. The van der Waals surface area contributed by atoms with Crippen LogP contribution in [0.1, 0.15) is 58.9 Å². The molecule has 0 saturated carbocycles. The minimum atomic E-state index is -0.622. The number of rotatable bonds is 5. The van der Waals surface area contributed by atoms with Gasteiger partial charge in [0.05, 0.1) is 34.6 Å². The molecule has 2 aromatic heterocycles. The molecule has 9 nitrogen and oxygen atoms in total. The molecule has 4 rings (SSSR count). The molecule has 9 heteroatoms. The van der Waals surface area contributed by atoms with Crippen LogP contribution in [-0.2, 0) is 6.42 Å². The molecule has 0 atom stereocenters. The number of benzene rings is 2. The molecule has 0 aliphatic carbocycles. The Hall–Kier alpha value is -4.27. The van der Waals surface area contributed by atoms with Gasteiger partial charge in [0.1, 0.15) is 0 Å². The van der Waals surface area contributed by atoms with Crippen LogP contribution in [0.5, 0.6) is 0 Å². The quantitative estimate of drug-likeness (QED) is 0.447. The Morgan fingerprint density at radius 1 is 0.971 bits per heavy atom. The largest absolute Gasteiger partial charge is 0.290 e. The number of aryl methyl sites for hydroxylation is 1. The Balaban J connectivity index is 1.59. The van der Waals surface area contributed by atoms with Crippen LogP contribution in [-0.4, -0.2) is 31.4 Å². The number of hydrazine groups is 1. The summed E-state index contributed by atoms with van der Waals surface area (Å²) >= 11 is 0. The molecule has 34 heavy (non-hydrogen) atoms. The van der Waals surface area contributed by atoms with Crippen LogP contribution in [0.4, 0.5) is 0 Å². The van der Waals surface area contributed by atoms with E-state index in [4.69, 9.17) is 0 Å². The lowest BCUT2D eigenvalue weighted by Gasteiger charge is -2.14. The zero-order valence-corrected chi connectivity index (χ0v) is 19.5. The highest BCUT2D eigenvalue weighted by molar-refractivity contribution is 6.06. The Morgan fingerprint density at radius 2 is 1.62 bits per heavy atom. The number of hydrogen-bond acceptors (Lipinski definition) is 5. The molecular weight excluding hydrogens is 432 g/mol. The maximum atomic E-state index is 13.0. The van der Waals surface area contributed by atoms with Crippen LogP contribution in [0.3, 0.4) is 0 Å². The highest BCUT2D eigenvalue weighted by Crippen LogP contribution is 2.17. The summed E-state index contributed by atoms with van der Waals surface area (Å²) in [7, 11) is 0. The molecule has 0 bridgehead atoms. The molecule has 2 N–H and O–H groups in total. The highest BCUT2D eigenvalue weighted by Gasteiger charge is 2.21. The standard InChI is InChI=1S/C25H26N6O3/c1-5-21-20(14-26-31(21)17-12-10-16(4)11-13-17)23(32)27-28-24(33)22-18-8-6-7-9-19(18)25(34)30(29-22)15(2)3/h6-15H,5H2,1-4H3,(H,27,32)(H,28,33). The number of hydrogen-bond donors (Lipinski definition) is 2. The number of fused-ring (bicyclic) bond motifs is 1. The minimum Gasteiger partial charge on any atom is -0.267 e. The third-order valence-electron chi connectivity index (χ3n) is 5.55. The number of carbonyl (C=O) groups is 2. The number of amides is 2. The van der Waals surface area contributed by atoms with Crippen molar-refractivity contribution >= 4 is 22.6 Å². The third-order valence-corrected chi connectivity index (χ3v) is 5.55. The molecule has 0 aliphatic rings. The van der Waals surface area contributed by atoms with Gasteiger partial charge in [-0.05, 0) is 45.4 Å². The van der Waals surface area contributed by atoms with E-state index in [-0.39, 0.29) is 17.3 Å². The molecule has 0 fully saturated rings. The summed E-state index contributed by atoms with van der Waals surface area (Å²) in [6.45, 7) is 7.55. The molecule has 2 amide bonds. The molecular formula is C25H26N6O3. The summed E-state index contributed by atoms with van der Waals surface area (Å²) < 4.78 is 2.98. The first-order valence-corrected chi connectivity index (χ1v) is 11.1. The SMILES string of the molecule is CCc1c(C(=O)NNC(=O)c2nn(C(C)C)c(=O)c3ccccc23)cnn1-c1ccc(C)cc1. The van der Waals surface area contributed by atoms with Gasteiger partial charge >= 0.3 is 0 Å². The van der Waals surface area contributed by atoms with E-state index in [2.05, 4.69) is 21.0 Å². The summed E-state index contributed by atoms with van der Waals surface area (Å²) in [6.07, 6.45) is 2.04. The van der Waals surface area contributed by atoms with Crippen LogP contribution < -0.4 is 16.4 Å². The number of carbonyl (C=O) groups excluding carboxylic acids is 2. The van der Waals surface area contributed by atoms with Gasteiger partial charge in [0.2, 0.25) is 0 Å². The second-order valence-corrected chi connectivity index (χ2v) is 8.25. The average Bonchev–Trinajstić information content (AvgIpc) is 3.27. The van der Waals surface area contributed by atoms with E-state index in [1.165, 1.54) is 10.9 Å².